The molecule has 2 aliphatic carbocycles. The van der Waals surface area contributed by atoms with E-state index in [9.17, 15) is 0 Å². The Morgan fingerprint density at radius 2 is 1.30 bits per heavy atom. The highest BCUT2D eigenvalue weighted by molar-refractivity contribution is 6.30. The van der Waals surface area contributed by atoms with Crippen LogP contribution >= 0.6 is 11.6 Å². The molecule has 0 N–H and O–H groups in total. The molecule has 2 fully saturated rings. The molecule has 30 heavy (non-hydrogen) atoms. The lowest BCUT2D eigenvalue weighted by molar-refractivity contribution is 0.139. The summed E-state index contributed by atoms with van der Waals surface area (Å²) in [6.45, 7) is 2.42. The van der Waals surface area contributed by atoms with Gasteiger partial charge in [-0.2, -0.15) is 0 Å². The Kier molecular flexibility index (Phi) is 7.94. The van der Waals surface area contributed by atoms with Crippen molar-refractivity contribution in [2.45, 2.75) is 83.5 Å². The molecule has 1 atom stereocenters. The second-order valence-electron chi connectivity index (χ2n) is 10.3. The van der Waals surface area contributed by atoms with Gasteiger partial charge in [0.25, 0.3) is 0 Å². The molecule has 4 rings (SSSR count). The maximum Gasteiger partial charge on any atom is 0.0406 e. The SMILES string of the molecule is C[C@@H](CC1CCC(C2CCC(CCc3ccc(Cl)cc3)CC2)CC1)c1ccccc1. The minimum absolute atomic E-state index is 0.712. The van der Waals surface area contributed by atoms with Crippen molar-refractivity contribution < 1.29 is 0 Å². The van der Waals surface area contributed by atoms with Crippen molar-refractivity contribution in [1.82, 2.24) is 0 Å². The van der Waals surface area contributed by atoms with Gasteiger partial charge < -0.3 is 0 Å². The van der Waals surface area contributed by atoms with Crippen LogP contribution in [-0.4, -0.2) is 0 Å². The fourth-order valence-electron chi connectivity index (χ4n) is 6.28. The molecular weight excluding hydrogens is 384 g/mol. The lowest BCUT2D eigenvalue weighted by atomic mass is 9.67. The summed E-state index contributed by atoms with van der Waals surface area (Å²) in [4.78, 5) is 0. The summed E-state index contributed by atoms with van der Waals surface area (Å²) < 4.78 is 0. The van der Waals surface area contributed by atoms with Gasteiger partial charge in [0.2, 0.25) is 0 Å². The summed E-state index contributed by atoms with van der Waals surface area (Å²) in [6.07, 6.45) is 15.8. The summed E-state index contributed by atoms with van der Waals surface area (Å²) in [5.74, 6) is 4.64. The zero-order chi connectivity index (χ0) is 20.8. The van der Waals surface area contributed by atoms with Gasteiger partial charge in [0.1, 0.15) is 0 Å². The topological polar surface area (TPSA) is 0 Å². The first kappa shape index (κ1) is 21.9. The second-order valence-corrected chi connectivity index (χ2v) is 10.7. The molecule has 162 valence electrons. The number of aryl methyl sites for hydroxylation is 1. The highest BCUT2D eigenvalue weighted by atomic mass is 35.5. The summed E-state index contributed by atoms with van der Waals surface area (Å²) in [6, 6.07) is 19.6. The normalized spacial score (nSPS) is 28.2. The van der Waals surface area contributed by atoms with Crippen LogP contribution in [0.15, 0.2) is 54.6 Å². The number of hydrogen-bond acceptors (Lipinski definition) is 0. The van der Waals surface area contributed by atoms with Gasteiger partial charge in [0.15, 0.2) is 0 Å². The smallest absolute Gasteiger partial charge is 0.0406 e. The first-order chi connectivity index (χ1) is 14.7. The molecule has 0 aliphatic heterocycles. The summed E-state index contributed by atoms with van der Waals surface area (Å²) in [7, 11) is 0. The molecule has 2 aromatic rings. The third-order valence-corrected chi connectivity index (χ3v) is 8.51. The molecule has 2 aliphatic rings. The van der Waals surface area contributed by atoms with E-state index >= 15 is 0 Å². The molecule has 0 spiro atoms. The van der Waals surface area contributed by atoms with Gasteiger partial charge in [0, 0.05) is 5.02 Å². The van der Waals surface area contributed by atoms with Gasteiger partial charge >= 0.3 is 0 Å². The highest BCUT2D eigenvalue weighted by Crippen LogP contribution is 2.43. The van der Waals surface area contributed by atoms with Gasteiger partial charge in [0.05, 0.1) is 0 Å². The second kappa shape index (κ2) is 10.9. The van der Waals surface area contributed by atoms with Crippen LogP contribution in [0.25, 0.3) is 0 Å². The van der Waals surface area contributed by atoms with Crippen molar-refractivity contribution in [2.75, 3.05) is 0 Å². The van der Waals surface area contributed by atoms with Crippen molar-refractivity contribution in [1.29, 1.82) is 0 Å². The van der Waals surface area contributed by atoms with E-state index in [0.29, 0.717) is 5.92 Å². The maximum atomic E-state index is 6.01. The largest absolute Gasteiger partial charge is 0.0843 e. The van der Waals surface area contributed by atoms with Gasteiger partial charge in [-0.1, -0.05) is 86.7 Å². The van der Waals surface area contributed by atoms with Crippen molar-refractivity contribution in [2.24, 2.45) is 23.7 Å². The molecule has 0 heterocycles. The van der Waals surface area contributed by atoms with Crippen LogP contribution in [0.3, 0.4) is 0 Å². The van der Waals surface area contributed by atoms with Gasteiger partial charge in [-0.05, 0) is 97.8 Å². The Balaban J connectivity index is 1.15. The molecule has 0 amide bonds. The fourth-order valence-corrected chi connectivity index (χ4v) is 6.41. The van der Waals surface area contributed by atoms with Crippen molar-refractivity contribution in [3.05, 3.63) is 70.7 Å². The Hall–Kier alpha value is -1.27. The van der Waals surface area contributed by atoms with Crippen molar-refractivity contribution in [3.63, 3.8) is 0 Å². The molecule has 0 nitrogen and oxygen atoms in total. The maximum absolute atomic E-state index is 6.01. The van der Waals surface area contributed by atoms with E-state index in [0.717, 1.165) is 28.7 Å². The standard InChI is InChI=1S/C29H39Cl/c1-22(26-5-3-2-4-6-26)21-25-11-17-28(18-12-25)27-15-9-23(10-16-27)7-8-24-13-19-29(30)20-14-24/h2-6,13-14,19-20,22-23,25,27-28H,7-12,15-18,21H2,1H3/t22-,23?,25?,27?,28?/m0/s1. The van der Waals surface area contributed by atoms with Crippen molar-refractivity contribution in [3.8, 4) is 0 Å². The van der Waals surface area contributed by atoms with Crippen LogP contribution in [0.2, 0.25) is 5.02 Å². The number of halogens is 1. The van der Waals surface area contributed by atoms with Gasteiger partial charge in [-0.25, -0.2) is 0 Å². The lowest BCUT2D eigenvalue weighted by Crippen LogP contribution is -2.26. The average molecular weight is 423 g/mol. The first-order valence-electron chi connectivity index (χ1n) is 12.5. The van der Waals surface area contributed by atoms with E-state index in [-0.39, 0.29) is 0 Å². The summed E-state index contributed by atoms with van der Waals surface area (Å²) in [5.41, 5.74) is 2.97. The van der Waals surface area contributed by atoms with Crippen LogP contribution < -0.4 is 0 Å². The van der Waals surface area contributed by atoms with E-state index < -0.39 is 0 Å². The highest BCUT2D eigenvalue weighted by Gasteiger charge is 2.31. The zero-order valence-corrected chi connectivity index (χ0v) is 19.5. The molecule has 2 aromatic carbocycles. The lowest BCUT2D eigenvalue weighted by Gasteiger charge is -2.38. The minimum Gasteiger partial charge on any atom is -0.0843 e. The predicted octanol–water partition coefficient (Wildman–Crippen LogP) is 9.08. The van der Waals surface area contributed by atoms with Crippen LogP contribution in [0.1, 0.15) is 88.2 Å². The average Bonchev–Trinajstić information content (AvgIpc) is 2.80. The van der Waals surface area contributed by atoms with E-state index in [4.69, 9.17) is 11.6 Å². The molecule has 1 heteroatoms. The quantitative estimate of drug-likeness (QED) is 0.417. The van der Waals surface area contributed by atoms with E-state index in [1.165, 1.54) is 81.8 Å². The van der Waals surface area contributed by atoms with E-state index in [2.05, 4.69) is 49.4 Å². The van der Waals surface area contributed by atoms with E-state index in [1.54, 1.807) is 0 Å². The Morgan fingerprint density at radius 3 is 1.90 bits per heavy atom. The monoisotopic (exact) mass is 422 g/mol. The zero-order valence-electron chi connectivity index (χ0n) is 18.7. The molecule has 0 saturated heterocycles. The molecule has 2 saturated carbocycles. The number of rotatable bonds is 7. The van der Waals surface area contributed by atoms with Crippen LogP contribution in [0.5, 0.6) is 0 Å². The fraction of sp³-hybridized carbons (Fsp3) is 0.586. The molecular formula is C29H39Cl. The van der Waals surface area contributed by atoms with Crippen molar-refractivity contribution >= 4 is 11.6 Å². The number of benzene rings is 2. The van der Waals surface area contributed by atoms with Crippen LogP contribution in [0, 0.1) is 23.7 Å². The minimum atomic E-state index is 0.712. The molecule has 0 radical (unpaired) electrons. The third-order valence-electron chi connectivity index (χ3n) is 8.26. The Bertz CT molecular complexity index is 734. The summed E-state index contributed by atoms with van der Waals surface area (Å²) in [5, 5.41) is 0.850. The van der Waals surface area contributed by atoms with Gasteiger partial charge in [-0.15, -0.1) is 0 Å². The molecule has 0 aromatic heterocycles. The molecule has 0 bridgehead atoms. The van der Waals surface area contributed by atoms with Crippen LogP contribution in [-0.2, 0) is 6.42 Å². The predicted molar refractivity (Wildman–Crippen MR) is 130 cm³/mol. The van der Waals surface area contributed by atoms with Gasteiger partial charge in [-0.3, -0.25) is 0 Å². The summed E-state index contributed by atoms with van der Waals surface area (Å²) >= 11 is 6.01. The number of hydrogen-bond donors (Lipinski definition) is 0. The molecule has 0 unspecified atom stereocenters. The third kappa shape index (κ3) is 6.13. The van der Waals surface area contributed by atoms with Crippen LogP contribution in [0.4, 0.5) is 0 Å². The first-order valence-corrected chi connectivity index (χ1v) is 12.8. The Morgan fingerprint density at radius 1 is 0.733 bits per heavy atom. The van der Waals surface area contributed by atoms with E-state index in [1.807, 2.05) is 12.1 Å². The Labute approximate surface area is 189 Å².